The van der Waals surface area contributed by atoms with Gasteiger partial charge >= 0.3 is 0 Å². The average Bonchev–Trinajstić information content (AvgIpc) is 2.24. The van der Waals surface area contributed by atoms with E-state index in [1.165, 1.54) is 0 Å². The SMILES string of the molecule is C/C(CNC(=O)C(C)C)=C(/C)CC(=O)N(C)C. The fraction of sp³-hybridized carbons (Fsp3) is 0.692. The summed E-state index contributed by atoms with van der Waals surface area (Å²) >= 11 is 0. The number of carbonyl (C=O) groups is 2. The number of hydrogen-bond acceptors (Lipinski definition) is 2. The molecule has 0 radical (unpaired) electrons. The molecule has 2 amide bonds. The van der Waals surface area contributed by atoms with E-state index in [9.17, 15) is 9.59 Å². The summed E-state index contributed by atoms with van der Waals surface area (Å²) in [5.41, 5.74) is 2.07. The lowest BCUT2D eigenvalue weighted by molar-refractivity contribution is -0.128. The minimum absolute atomic E-state index is 0.00786. The summed E-state index contributed by atoms with van der Waals surface area (Å²) in [6.45, 7) is 8.11. The van der Waals surface area contributed by atoms with Gasteiger partial charge in [0.25, 0.3) is 0 Å². The summed E-state index contributed by atoms with van der Waals surface area (Å²) in [6, 6.07) is 0. The maximum absolute atomic E-state index is 11.5. The summed E-state index contributed by atoms with van der Waals surface area (Å²) < 4.78 is 0. The normalized spacial score (nSPS) is 12.2. The van der Waals surface area contributed by atoms with Crippen molar-refractivity contribution in [3.63, 3.8) is 0 Å². The molecule has 0 aliphatic rings. The lowest BCUT2D eigenvalue weighted by Gasteiger charge is -2.13. The lowest BCUT2D eigenvalue weighted by Crippen LogP contribution is -2.29. The van der Waals surface area contributed by atoms with Crippen LogP contribution < -0.4 is 5.32 Å². The van der Waals surface area contributed by atoms with Crippen molar-refractivity contribution in [1.29, 1.82) is 0 Å². The van der Waals surface area contributed by atoms with Gasteiger partial charge in [-0.15, -0.1) is 0 Å². The third kappa shape index (κ3) is 6.09. The van der Waals surface area contributed by atoms with Crippen molar-refractivity contribution in [1.82, 2.24) is 10.2 Å². The van der Waals surface area contributed by atoms with E-state index in [1.807, 2.05) is 27.7 Å². The molecule has 0 aromatic rings. The molecule has 0 bridgehead atoms. The minimum atomic E-state index is -0.00786. The highest BCUT2D eigenvalue weighted by atomic mass is 16.2. The average molecular weight is 240 g/mol. The number of amides is 2. The van der Waals surface area contributed by atoms with Crippen LogP contribution in [0, 0.1) is 5.92 Å². The second-order valence-corrected chi connectivity index (χ2v) is 4.90. The van der Waals surface area contributed by atoms with E-state index in [0.717, 1.165) is 11.1 Å². The molecule has 0 heterocycles. The first kappa shape index (κ1) is 15.7. The van der Waals surface area contributed by atoms with Crippen molar-refractivity contribution in [3.05, 3.63) is 11.1 Å². The van der Waals surface area contributed by atoms with E-state index in [4.69, 9.17) is 0 Å². The molecule has 0 aromatic heterocycles. The van der Waals surface area contributed by atoms with Crippen molar-refractivity contribution in [2.75, 3.05) is 20.6 Å². The molecule has 0 aliphatic heterocycles. The molecular formula is C13H24N2O2. The summed E-state index contributed by atoms with van der Waals surface area (Å²) in [5, 5.41) is 2.84. The van der Waals surface area contributed by atoms with E-state index >= 15 is 0 Å². The maximum atomic E-state index is 11.5. The monoisotopic (exact) mass is 240 g/mol. The second kappa shape index (κ2) is 7.09. The van der Waals surface area contributed by atoms with Crippen LogP contribution in [0.25, 0.3) is 0 Å². The Morgan fingerprint density at radius 2 is 1.65 bits per heavy atom. The van der Waals surface area contributed by atoms with Crippen LogP contribution in [0.5, 0.6) is 0 Å². The van der Waals surface area contributed by atoms with E-state index in [2.05, 4.69) is 5.32 Å². The molecule has 0 aliphatic carbocycles. The van der Waals surface area contributed by atoms with E-state index in [1.54, 1.807) is 19.0 Å². The smallest absolute Gasteiger partial charge is 0.226 e. The van der Waals surface area contributed by atoms with Crippen molar-refractivity contribution in [2.45, 2.75) is 34.1 Å². The van der Waals surface area contributed by atoms with Gasteiger partial charge in [-0.25, -0.2) is 0 Å². The zero-order chi connectivity index (χ0) is 13.6. The number of nitrogens with one attached hydrogen (secondary N) is 1. The molecule has 4 heteroatoms. The van der Waals surface area contributed by atoms with Gasteiger partial charge in [-0.05, 0) is 13.8 Å². The van der Waals surface area contributed by atoms with Gasteiger partial charge in [0, 0.05) is 33.0 Å². The first-order valence-electron chi connectivity index (χ1n) is 5.88. The van der Waals surface area contributed by atoms with Crippen LogP contribution in [-0.2, 0) is 9.59 Å². The molecule has 98 valence electrons. The molecule has 17 heavy (non-hydrogen) atoms. The molecular weight excluding hydrogens is 216 g/mol. The van der Waals surface area contributed by atoms with Crippen molar-refractivity contribution >= 4 is 11.8 Å². The standard InChI is InChI=1S/C13H24N2O2/c1-9(2)13(17)14-8-11(4)10(3)7-12(16)15(5)6/h9H,7-8H2,1-6H3,(H,14,17)/b11-10+. The van der Waals surface area contributed by atoms with Gasteiger partial charge in [0.1, 0.15) is 0 Å². The highest BCUT2D eigenvalue weighted by molar-refractivity contribution is 5.79. The van der Waals surface area contributed by atoms with Crippen LogP contribution >= 0.6 is 0 Å². The van der Waals surface area contributed by atoms with E-state index < -0.39 is 0 Å². The van der Waals surface area contributed by atoms with Crippen molar-refractivity contribution in [2.24, 2.45) is 5.92 Å². The highest BCUT2D eigenvalue weighted by Gasteiger charge is 2.09. The predicted octanol–water partition coefficient (Wildman–Crippen LogP) is 1.57. The molecule has 0 aromatic carbocycles. The number of rotatable bonds is 5. The topological polar surface area (TPSA) is 49.4 Å². The second-order valence-electron chi connectivity index (χ2n) is 4.90. The maximum Gasteiger partial charge on any atom is 0.226 e. The third-order valence-electron chi connectivity index (χ3n) is 2.70. The first-order valence-corrected chi connectivity index (χ1v) is 5.88. The Balaban J connectivity index is 4.31. The predicted molar refractivity (Wildman–Crippen MR) is 69.5 cm³/mol. The first-order chi connectivity index (χ1) is 7.75. The number of hydrogen-bond donors (Lipinski definition) is 1. The third-order valence-corrected chi connectivity index (χ3v) is 2.70. The van der Waals surface area contributed by atoms with Gasteiger partial charge in [0.05, 0.1) is 0 Å². The molecule has 1 N–H and O–H groups in total. The summed E-state index contributed by atoms with van der Waals surface area (Å²) in [7, 11) is 3.48. The van der Waals surface area contributed by atoms with Crippen molar-refractivity contribution < 1.29 is 9.59 Å². The molecule has 0 saturated heterocycles. The Kier molecular flexibility index (Phi) is 6.54. The van der Waals surface area contributed by atoms with E-state index in [-0.39, 0.29) is 17.7 Å². The van der Waals surface area contributed by atoms with Crippen molar-refractivity contribution in [3.8, 4) is 0 Å². The highest BCUT2D eigenvalue weighted by Crippen LogP contribution is 2.08. The van der Waals surface area contributed by atoms with Crippen LogP contribution in [0.4, 0.5) is 0 Å². The lowest BCUT2D eigenvalue weighted by atomic mass is 10.1. The molecule has 0 spiro atoms. The summed E-state index contributed by atoms with van der Waals surface area (Å²) in [4.78, 5) is 24.5. The van der Waals surface area contributed by atoms with Crippen LogP contribution in [0.2, 0.25) is 0 Å². The number of nitrogens with zero attached hydrogens (tertiary/aromatic N) is 1. The van der Waals surface area contributed by atoms with Crippen LogP contribution in [0.15, 0.2) is 11.1 Å². The Hall–Kier alpha value is -1.32. The Morgan fingerprint density at radius 1 is 1.12 bits per heavy atom. The Labute approximate surface area is 104 Å². The summed E-state index contributed by atoms with van der Waals surface area (Å²) in [5.74, 6) is 0.111. The number of carbonyl (C=O) groups excluding carboxylic acids is 2. The molecule has 4 nitrogen and oxygen atoms in total. The Morgan fingerprint density at radius 3 is 2.06 bits per heavy atom. The molecule has 0 unspecified atom stereocenters. The Bertz CT molecular complexity index is 317. The van der Waals surface area contributed by atoms with Crippen LogP contribution in [0.1, 0.15) is 34.1 Å². The van der Waals surface area contributed by atoms with Gasteiger partial charge < -0.3 is 10.2 Å². The molecule has 0 rings (SSSR count). The fourth-order valence-electron chi connectivity index (χ4n) is 1.11. The fourth-order valence-corrected chi connectivity index (χ4v) is 1.11. The van der Waals surface area contributed by atoms with Crippen LogP contribution in [-0.4, -0.2) is 37.4 Å². The summed E-state index contributed by atoms with van der Waals surface area (Å²) in [6.07, 6.45) is 0.413. The molecule has 0 atom stereocenters. The van der Waals surface area contributed by atoms with Gasteiger partial charge in [-0.2, -0.15) is 0 Å². The van der Waals surface area contributed by atoms with Crippen LogP contribution in [0.3, 0.4) is 0 Å². The van der Waals surface area contributed by atoms with E-state index in [0.29, 0.717) is 13.0 Å². The largest absolute Gasteiger partial charge is 0.352 e. The van der Waals surface area contributed by atoms with Gasteiger partial charge in [0.15, 0.2) is 0 Å². The minimum Gasteiger partial charge on any atom is -0.352 e. The van der Waals surface area contributed by atoms with Gasteiger partial charge in [0.2, 0.25) is 11.8 Å². The van der Waals surface area contributed by atoms with Gasteiger partial charge in [-0.1, -0.05) is 25.0 Å². The zero-order valence-electron chi connectivity index (χ0n) is 11.8. The molecule has 0 saturated carbocycles. The van der Waals surface area contributed by atoms with Gasteiger partial charge in [-0.3, -0.25) is 9.59 Å². The zero-order valence-corrected chi connectivity index (χ0v) is 11.8. The molecule has 0 fully saturated rings. The quantitative estimate of drug-likeness (QED) is 0.742.